The number of anilines is 1. The van der Waals surface area contributed by atoms with Crippen molar-refractivity contribution in [3.8, 4) is 5.75 Å². The summed E-state index contributed by atoms with van der Waals surface area (Å²) in [5.41, 5.74) is 2.66. The first-order chi connectivity index (χ1) is 17.5. The van der Waals surface area contributed by atoms with E-state index in [9.17, 15) is 13.2 Å². The Morgan fingerprint density at radius 1 is 0.889 bits per heavy atom. The largest absolute Gasteiger partial charge is 0.476 e. The number of carbonyl (C=O) groups excluding carboxylic acids is 1. The van der Waals surface area contributed by atoms with E-state index in [0.29, 0.717) is 18.0 Å². The smallest absolute Gasteiger partial charge is 0.264 e. The second kappa shape index (κ2) is 10.7. The molecule has 1 fully saturated rings. The van der Waals surface area contributed by atoms with Gasteiger partial charge >= 0.3 is 0 Å². The van der Waals surface area contributed by atoms with Crippen molar-refractivity contribution < 1.29 is 17.9 Å². The van der Waals surface area contributed by atoms with E-state index in [1.807, 2.05) is 12.1 Å². The number of likely N-dealkylation sites (tertiary alicyclic amines) is 1. The van der Waals surface area contributed by atoms with Crippen LogP contribution < -0.4 is 14.4 Å². The minimum Gasteiger partial charge on any atom is -0.476 e. The second-order valence-corrected chi connectivity index (χ2v) is 11.2. The number of ether oxygens (including phenoxy) is 1. The molecule has 1 unspecified atom stereocenters. The maximum absolute atomic E-state index is 13.4. The van der Waals surface area contributed by atoms with Gasteiger partial charge in [0.2, 0.25) is 0 Å². The molecule has 0 saturated carbocycles. The Hall–Kier alpha value is -3.36. The lowest BCUT2D eigenvalue weighted by molar-refractivity contribution is -0.127. The lowest BCUT2D eigenvalue weighted by Crippen LogP contribution is -2.50. The number of amides is 1. The normalized spacial score (nSPS) is 18.2. The van der Waals surface area contributed by atoms with E-state index in [4.69, 9.17) is 4.74 Å². The third kappa shape index (κ3) is 5.39. The summed E-state index contributed by atoms with van der Waals surface area (Å²) in [7, 11) is -3.86. The molecule has 0 radical (unpaired) electrons. The predicted molar refractivity (Wildman–Crippen MR) is 139 cm³/mol. The maximum atomic E-state index is 13.4. The van der Waals surface area contributed by atoms with Crippen molar-refractivity contribution in [3.05, 3.63) is 90.0 Å². The zero-order chi connectivity index (χ0) is 25.0. The van der Waals surface area contributed by atoms with Gasteiger partial charge in [-0.1, -0.05) is 61.0 Å². The Morgan fingerprint density at radius 2 is 1.61 bits per heavy atom. The van der Waals surface area contributed by atoms with Gasteiger partial charge in [-0.2, -0.15) is 0 Å². The minimum atomic E-state index is -3.86. The zero-order valence-electron chi connectivity index (χ0n) is 20.2. The Balaban J connectivity index is 1.28. The highest BCUT2D eigenvalue weighted by molar-refractivity contribution is 7.92. The van der Waals surface area contributed by atoms with Gasteiger partial charge in [0, 0.05) is 13.1 Å². The molecule has 1 N–H and O–H groups in total. The van der Waals surface area contributed by atoms with Crippen LogP contribution in [-0.4, -0.2) is 45.0 Å². The van der Waals surface area contributed by atoms with Gasteiger partial charge in [0.1, 0.15) is 5.75 Å². The van der Waals surface area contributed by atoms with E-state index in [2.05, 4.69) is 22.3 Å². The molecular weight excluding hydrogens is 474 g/mol. The number of nitrogens with zero attached hydrogens (tertiary/aromatic N) is 2. The molecule has 7 nitrogen and oxygen atoms in total. The lowest BCUT2D eigenvalue weighted by Gasteiger charge is -2.34. The third-order valence-electron chi connectivity index (χ3n) is 6.67. The molecule has 8 heteroatoms. The molecule has 3 aromatic carbocycles. The van der Waals surface area contributed by atoms with Gasteiger partial charge < -0.3 is 10.1 Å². The molecule has 3 aromatic rings. The molecule has 0 spiro atoms. The van der Waals surface area contributed by atoms with Crippen molar-refractivity contribution in [3.63, 3.8) is 0 Å². The molecule has 0 aliphatic carbocycles. The quantitative estimate of drug-likeness (QED) is 0.526. The monoisotopic (exact) mass is 505 g/mol. The SMILES string of the molecule is O=C(NCc1cccc(CN2CCCCC2)c1)C1CN(S(=O)(=O)c2ccccc2)c2ccccc2O1. The highest BCUT2D eigenvalue weighted by atomic mass is 32.2. The highest BCUT2D eigenvalue weighted by Gasteiger charge is 2.37. The predicted octanol–water partition coefficient (Wildman–Crippen LogP) is 3.95. The van der Waals surface area contributed by atoms with Crippen molar-refractivity contribution in [1.29, 1.82) is 0 Å². The van der Waals surface area contributed by atoms with Crippen molar-refractivity contribution in [2.75, 3.05) is 23.9 Å². The molecular formula is C28H31N3O4S. The van der Waals surface area contributed by atoms with Crippen LogP contribution in [0.2, 0.25) is 0 Å². The van der Waals surface area contributed by atoms with Gasteiger partial charge in [-0.15, -0.1) is 0 Å². The molecule has 1 amide bonds. The summed E-state index contributed by atoms with van der Waals surface area (Å²) < 4.78 is 34.1. The van der Waals surface area contributed by atoms with E-state index in [0.717, 1.165) is 25.2 Å². The van der Waals surface area contributed by atoms with Crippen LogP contribution in [0.3, 0.4) is 0 Å². The number of hydrogen-bond acceptors (Lipinski definition) is 5. The van der Waals surface area contributed by atoms with Gasteiger partial charge in [0.05, 0.1) is 17.1 Å². The number of piperidine rings is 1. The van der Waals surface area contributed by atoms with Gasteiger partial charge in [-0.05, 0) is 61.3 Å². The standard InChI is InChI=1S/C28H31N3O4S/c32-28(29-19-22-10-9-11-23(18-22)20-30-16-7-2-8-17-30)27-21-31(25-14-5-6-15-26(25)35-27)36(33,34)24-12-3-1-4-13-24/h1,3-6,9-15,18,27H,2,7-8,16-17,19-21H2,(H,29,32). The molecule has 2 heterocycles. The van der Waals surface area contributed by atoms with E-state index in [1.54, 1.807) is 54.6 Å². The van der Waals surface area contributed by atoms with E-state index in [-0.39, 0.29) is 17.3 Å². The molecule has 1 saturated heterocycles. The average Bonchev–Trinajstić information content (AvgIpc) is 2.92. The lowest BCUT2D eigenvalue weighted by atomic mass is 10.1. The van der Waals surface area contributed by atoms with Crippen LogP contribution >= 0.6 is 0 Å². The summed E-state index contributed by atoms with van der Waals surface area (Å²) in [5.74, 6) is 0.0196. The van der Waals surface area contributed by atoms with Crippen LogP contribution in [-0.2, 0) is 27.9 Å². The Labute approximate surface area is 212 Å². The summed E-state index contributed by atoms with van der Waals surface area (Å²) in [4.78, 5) is 15.8. The van der Waals surface area contributed by atoms with E-state index < -0.39 is 16.1 Å². The molecule has 36 heavy (non-hydrogen) atoms. The zero-order valence-corrected chi connectivity index (χ0v) is 21.0. The first kappa shape index (κ1) is 24.3. The molecule has 0 bridgehead atoms. The van der Waals surface area contributed by atoms with Gasteiger partial charge in [0.15, 0.2) is 6.10 Å². The highest BCUT2D eigenvalue weighted by Crippen LogP contribution is 2.36. The van der Waals surface area contributed by atoms with Crippen molar-refractivity contribution >= 4 is 21.6 Å². The maximum Gasteiger partial charge on any atom is 0.264 e. The number of rotatable bonds is 7. The molecule has 188 valence electrons. The first-order valence-corrected chi connectivity index (χ1v) is 13.9. The van der Waals surface area contributed by atoms with Crippen molar-refractivity contribution in [2.45, 2.75) is 43.4 Å². The summed E-state index contributed by atoms with van der Waals surface area (Å²) >= 11 is 0. The summed E-state index contributed by atoms with van der Waals surface area (Å²) in [6.07, 6.45) is 2.84. The summed E-state index contributed by atoms with van der Waals surface area (Å²) in [6.45, 7) is 3.42. The fourth-order valence-electron chi connectivity index (χ4n) is 4.80. The first-order valence-electron chi connectivity index (χ1n) is 12.4. The fraction of sp³-hybridized carbons (Fsp3) is 0.321. The van der Waals surface area contributed by atoms with E-state index in [1.165, 1.54) is 29.1 Å². The number of fused-ring (bicyclic) bond motifs is 1. The van der Waals surface area contributed by atoms with Gasteiger partial charge in [-0.3, -0.25) is 14.0 Å². The second-order valence-electron chi connectivity index (χ2n) is 9.30. The van der Waals surface area contributed by atoms with Crippen LogP contribution in [0.25, 0.3) is 0 Å². The van der Waals surface area contributed by atoms with Crippen LogP contribution in [0.15, 0.2) is 83.8 Å². The number of para-hydroxylation sites is 2. The van der Waals surface area contributed by atoms with Gasteiger partial charge in [-0.25, -0.2) is 8.42 Å². The number of carbonyl (C=O) groups is 1. The summed E-state index contributed by atoms with van der Waals surface area (Å²) in [5, 5.41) is 2.94. The number of benzene rings is 3. The van der Waals surface area contributed by atoms with Crippen molar-refractivity contribution in [1.82, 2.24) is 10.2 Å². The van der Waals surface area contributed by atoms with Crippen LogP contribution in [0.5, 0.6) is 5.75 Å². The van der Waals surface area contributed by atoms with E-state index >= 15 is 0 Å². The Kier molecular flexibility index (Phi) is 7.25. The third-order valence-corrected chi connectivity index (χ3v) is 8.47. The van der Waals surface area contributed by atoms with Crippen LogP contribution in [0.1, 0.15) is 30.4 Å². The molecule has 1 atom stereocenters. The fourth-order valence-corrected chi connectivity index (χ4v) is 6.30. The number of nitrogens with one attached hydrogen (secondary N) is 1. The molecule has 2 aliphatic rings. The molecule has 2 aliphatic heterocycles. The Bertz CT molecular complexity index is 1310. The summed E-state index contributed by atoms with van der Waals surface area (Å²) in [6, 6.07) is 23.4. The Morgan fingerprint density at radius 3 is 2.42 bits per heavy atom. The minimum absolute atomic E-state index is 0.102. The number of sulfonamides is 1. The molecule has 5 rings (SSSR count). The number of hydrogen-bond donors (Lipinski definition) is 1. The van der Waals surface area contributed by atoms with Crippen LogP contribution in [0, 0.1) is 0 Å². The molecule has 0 aromatic heterocycles. The van der Waals surface area contributed by atoms with Crippen LogP contribution in [0.4, 0.5) is 5.69 Å². The van der Waals surface area contributed by atoms with Gasteiger partial charge in [0.25, 0.3) is 15.9 Å². The average molecular weight is 506 g/mol. The van der Waals surface area contributed by atoms with Crippen molar-refractivity contribution in [2.24, 2.45) is 0 Å². The topological polar surface area (TPSA) is 79.0 Å².